The van der Waals surface area contributed by atoms with Crippen LogP contribution < -0.4 is 14.2 Å². The van der Waals surface area contributed by atoms with Crippen molar-refractivity contribution in [2.24, 2.45) is 0 Å². The number of aliphatic hydroxyl groups excluding tert-OH is 1. The third kappa shape index (κ3) is 6.30. The lowest BCUT2D eigenvalue weighted by molar-refractivity contribution is -0.140. The molecular formula is C26H32FN3O5. The van der Waals surface area contributed by atoms with Crippen LogP contribution in [-0.2, 0) is 13.1 Å². The number of rotatable bonds is 10. The first kappa shape index (κ1) is 25.0. The van der Waals surface area contributed by atoms with E-state index in [0.717, 1.165) is 11.4 Å². The number of imidazole rings is 1. The summed E-state index contributed by atoms with van der Waals surface area (Å²) < 4.78 is 32.5. The number of likely N-dealkylation sites (tertiary alicyclic amines) is 1. The van der Waals surface area contributed by atoms with Crippen molar-refractivity contribution in [3.05, 3.63) is 72.1 Å². The van der Waals surface area contributed by atoms with Crippen LogP contribution in [0.1, 0.15) is 17.8 Å². The highest BCUT2D eigenvalue weighted by Gasteiger charge is 2.42. The smallest absolute Gasteiger partial charge is 0.161 e. The van der Waals surface area contributed by atoms with Gasteiger partial charge in [-0.05, 0) is 43.2 Å². The van der Waals surface area contributed by atoms with Crippen LogP contribution in [0.2, 0.25) is 0 Å². The number of aliphatic hydroxyl groups is 2. The molecule has 188 valence electrons. The van der Waals surface area contributed by atoms with Gasteiger partial charge < -0.3 is 29.0 Å². The van der Waals surface area contributed by atoms with Crippen LogP contribution in [0.5, 0.6) is 17.2 Å². The Kier molecular flexibility index (Phi) is 7.90. The molecule has 1 fully saturated rings. The molecule has 1 aliphatic rings. The van der Waals surface area contributed by atoms with E-state index in [-0.39, 0.29) is 13.2 Å². The Labute approximate surface area is 204 Å². The molecular weight excluding hydrogens is 453 g/mol. The van der Waals surface area contributed by atoms with Gasteiger partial charge in [-0.1, -0.05) is 12.1 Å². The van der Waals surface area contributed by atoms with Crippen molar-refractivity contribution in [1.82, 2.24) is 14.5 Å². The van der Waals surface area contributed by atoms with E-state index in [1.54, 1.807) is 19.4 Å². The van der Waals surface area contributed by atoms with Crippen molar-refractivity contribution in [3.8, 4) is 17.2 Å². The quantitative estimate of drug-likeness (QED) is 0.457. The molecule has 9 heteroatoms. The molecule has 0 spiro atoms. The number of halogens is 1. The second-order valence-electron chi connectivity index (χ2n) is 8.87. The summed E-state index contributed by atoms with van der Waals surface area (Å²) in [6.07, 6.45) is 3.13. The molecule has 0 bridgehead atoms. The van der Waals surface area contributed by atoms with Gasteiger partial charge in [0.15, 0.2) is 11.5 Å². The number of methoxy groups -OCH3 is 1. The number of aryl methyl sites for hydroxylation is 1. The molecule has 1 aromatic heterocycles. The van der Waals surface area contributed by atoms with Gasteiger partial charge in [-0.3, -0.25) is 4.90 Å². The Morgan fingerprint density at radius 2 is 2.03 bits per heavy atom. The summed E-state index contributed by atoms with van der Waals surface area (Å²) in [7, 11) is 1.60. The topological polar surface area (TPSA) is 89.2 Å². The molecule has 8 nitrogen and oxygen atoms in total. The molecule has 2 N–H and O–H groups in total. The fraction of sp³-hybridized carbons (Fsp3) is 0.423. The molecule has 3 aromatic rings. The minimum absolute atomic E-state index is 0.140. The molecule has 0 amide bonds. The number of ether oxygens (including phenoxy) is 3. The standard InChI is InChI=1S/C26H32FN3O5/c1-19-28-9-11-30(19)12-13-34-24-14-20(6-7-23(24)33-2)16-29-10-8-25(31)26(32,17-29)18-35-22-5-3-4-21(27)15-22/h3-7,9,11,14-15,25,31-32H,8,10,12-13,16-18H2,1-2H3/t25-,26-/m0/s1. The van der Waals surface area contributed by atoms with E-state index >= 15 is 0 Å². The van der Waals surface area contributed by atoms with Gasteiger partial charge in [-0.15, -0.1) is 0 Å². The van der Waals surface area contributed by atoms with Crippen LogP contribution in [0.25, 0.3) is 0 Å². The zero-order valence-electron chi connectivity index (χ0n) is 20.1. The third-order valence-electron chi connectivity index (χ3n) is 6.27. The molecule has 4 rings (SSSR count). The Morgan fingerprint density at radius 1 is 1.17 bits per heavy atom. The van der Waals surface area contributed by atoms with Crippen molar-refractivity contribution in [2.75, 3.05) is 33.4 Å². The van der Waals surface area contributed by atoms with Gasteiger partial charge in [0.05, 0.1) is 19.8 Å². The van der Waals surface area contributed by atoms with Crippen LogP contribution in [0, 0.1) is 12.7 Å². The lowest BCUT2D eigenvalue weighted by Gasteiger charge is -2.42. The monoisotopic (exact) mass is 485 g/mol. The first-order chi connectivity index (χ1) is 16.9. The van der Waals surface area contributed by atoms with Crippen LogP contribution in [0.3, 0.4) is 0 Å². The summed E-state index contributed by atoms with van der Waals surface area (Å²) in [6, 6.07) is 11.5. The van der Waals surface area contributed by atoms with Crippen LogP contribution >= 0.6 is 0 Å². The summed E-state index contributed by atoms with van der Waals surface area (Å²) in [5.74, 6) is 2.11. The highest BCUT2D eigenvalue weighted by Crippen LogP contribution is 2.30. The zero-order chi connectivity index (χ0) is 24.8. The number of aromatic nitrogens is 2. The Morgan fingerprint density at radius 3 is 2.77 bits per heavy atom. The summed E-state index contributed by atoms with van der Waals surface area (Å²) in [5.41, 5.74) is -0.483. The maximum atomic E-state index is 13.4. The molecule has 35 heavy (non-hydrogen) atoms. The third-order valence-corrected chi connectivity index (χ3v) is 6.27. The first-order valence-corrected chi connectivity index (χ1v) is 11.6. The predicted molar refractivity (Wildman–Crippen MR) is 128 cm³/mol. The first-order valence-electron chi connectivity index (χ1n) is 11.6. The van der Waals surface area contributed by atoms with Crippen LogP contribution in [-0.4, -0.2) is 69.8 Å². The number of hydrogen-bond acceptors (Lipinski definition) is 7. The van der Waals surface area contributed by atoms with Crippen molar-refractivity contribution < 1.29 is 28.8 Å². The molecule has 0 aliphatic carbocycles. The van der Waals surface area contributed by atoms with E-state index in [0.29, 0.717) is 49.9 Å². The van der Waals surface area contributed by atoms with E-state index in [1.807, 2.05) is 35.9 Å². The maximum Gasteiger partial charge on any atom is 0.161 e. The van der Waals surface area contributed by atoms with E-state index in [9.17, 15) is 14.6 Å². The molecule has 1 aliphatic heterocycles. The molecule has 2 atom stereocenters. The minimum atomic E-state index is -1.47. The number of β-amino-alcohol motifs (C(OH)–C–C–N with tert-alkyl or cyclic N) is 1. The fourth-order valence-electron chi connectivity index (χ4n) is 4.27. The number of hydrogen-bond donors (Lipinski definition) is 2. The number of nitrogens with zero attached hydrogens (tertiary/aromatic N) is 3. The van der Waals surface area contributed by atoms with Crippen molar-refractivity contribution in [3.63, 3.8) is 0 Å². The number of piperidine rings is 1. The van der Waals surface area contributed by atoms with Gasteiger partial charge in [0.1, 0.15) is 36.2 Å². The summed E-state index contributed by atoms with van der Waals surface area (Å²) >= 11 is 0. The largest absolute Gasteiger partial charge is 0.493 e. The van der Waals surface area contributed by atoms with Gasteiger partial charge in [0, 0.05) is 38.1 Å². The molecule has 0 unspecified atom stereocenters. The SMILES string of the molecule is COc1ccc(CN2CC[C@H](O)[C@@](O)(COc3cccc(F)c3)C2)cc1OCCn1ccnc1C. The van der Waals surface area contributed by atoms with E-state index in [2.05, 4.69) is 9.88 Å². The average molecular weight is 486 g/mol. The minimum Gasteiger partial charge on any atom is -0.493 e. The summed E-state index contributed by atoms with van der Waals surface area (Å²) in [5, 5.41) is 21.6. The van der Waals surface area contributed by atoms with Crippen molar-refractivity contribution >= 4 is 0 Å². The van der Waals surface area contributed by atoms with Gasteiger partial charge in [-0.25, -0.2) is 9.37 Å². The maximum absolute atomic E-state index is 13.4. The Bertz CT molecular complexity index is 1120. The van der Waals surface area contributed by atoms with Crippen LogP contribution in [0.15, 0.2) is 54.9 Å². The molecule has 0 radical (unpaired) electrons. The van der Waals surface area contributed by atoms with E-state index < -0.39 is 17.5 Å². The van der Waals surface area contributed by atoms with Crippen LogP contribution in [0.4, 0.5) is 4.39 Å². The molecule has 2 aromatic carbocycles. The van der Waals surface area contributed by atoms with Crippen molar-refractivity contribution in [1.29, 1.82) is 0 Å². The zero-order valence-corrected chi connectivity index (χ0v) is 20.1. The lowest BCUT2D eigenvalue weighted by atomic mass is 9.90. The second-order valence-corrected chi connectivity index (χ2v) is 8.87. The second kappa shape index (κ2) is 11.1. The van der Waals surface area contributed by atoms with Gasteiger partial charge in [0.2, 0.25) is 0 Å². The van der Waals surface area contributed by atoms with Gasteiger partial charge in [-0.2, -0.15) is 0 Å². The van der Waals surface area contributed by atoms with E-state index in [4.69, 9.17) is 14.2 Å². The van der Waals surface area contributed by atoms with Crippen molar-refractivity contribution in [2.45, 2.75) is 38.1 Å². The van der Waals surface area contributed by atoms with Gasteiger partial charge in [0.25, 0.3) is 0 Å². The Hall–Kier alpha value is -3.14. The normalized spacial score (nSPS) is 20.5. The Balaban J connectivity index is 1.38. The summed E-state index contributed by atoms with van der Waals surface area (Å²) in [6.45, 7) is 4.32. The average Bonchev–Trinajstić information content (AvgIpc) is 3.25. The summed E-state index contributed by atoms with van der Waals surface area (Å²) in [4.78, 5) is 6.28. The predicted octanol–water partition coefficient (Wildman–Crippen LogP) is 2.79. The van der Waals surface area contributed by atoms with Gasteiger partial charge >= 0.3 is 0 Å². The number of benzene rings is 2. The van der Waals surface area contributed by atoms with E-state index in [1.165, 1.54) is 18.2 Å². The highest BCUT2D eigenvalue weighted by atomic mass is 19.1. The highest BCUT2D eigenvalue weighted by molar-refractivity contribution is 5.43. The lowest BCUT2D eigenvalue weighted by Crippen LogP contribution is -2.59. The molecule has 1 saturated heterocycles. The molecule has 0 saturated carbocycles. The fourth-order valence-corrected chi connectivity index (χ4v) is 4.27. The molecule has 2 heterocycles.